The lowest BCUT2D eigenvalue weighted by Gasteiger charge is -2.48. The van der Waals surface area contributed by atoms with Gasteiger partial charge in [0.05, 0.1) is 11.5 Å². The number of rotatable bonds is 1. The third kappa shape index (κ3) is 2.12. The molecule has 1 amide bonds. The number of carbonyl (C=O) groups is 1. The molecule has 4 heteroatoms. The van der Waals surface area contributed by atoms with E-state index in [0.29, 0.717) is 17.9 Å². The summed E-state index contributed by atoms with van der Waals surface area (Å²) in [7, 11) is 4.19. The van der Waals surface area contributed by atoms with Gasteiger partial charge in [-0.3, -0.25) is 4.79 Å². The Kier molecular flexibility index (Phi) is 3.64. The fraction of sp³-hybridized carbons (Fsp3) is 0.650. The molecule has 0 bridgehead atoms. The van der Waals surface area contributed by atoms with E-state index in [-0.39, 0.29) is 11.5 Å². The van der Waals surface area contributed by atoms with Gasteiger partial charge >= 0.3 is 0 Å². The van der Waals surface area contributed by atoms with E-state index in [1.165, 1.54) is 11.3 Å². The first-order valence-electron chi connectivity index (χ1n) is 9.23. The molecular formula is C20H29N3O. The largest absolute Gasteiger partial charge is 0.365 e. The molecule has 1 aromatic carbocycles. The maximum absolute atomic E-state index is 13.1. The van der Waals surface area contributed by atoms with Crippen LogP contribution in [0.5, 0.6) is 0 Å². The predicted octanol–water partition coefficient (Wildman–Crippen LogP) is 2.37. The molecular weight excluding hydrogens is 298 g/mol. The van der Waals surface area contributed by atoms with Crippen LogP contribution in [0.4, 0.5) is 5.69 Å². The van der Waals surface area contributed by atoms with Crippen molar-refractivity contribution in [3.8, 4) is 0 Å². The Morgan fingerprint density at radius 2 is 1.71 bits per heavy atom. The van der Waals surface area contributed by atoms with Gasteiger partial charge in [-0.2, -0.15) is 0 Å². The highest BCUT2D eigenvalue weighted by atomic mass is 16.2. The number of piperidine rings is 1. The van der Waals surface area contributed by atoms with Crippen molar-refractivity contribution < 1.29 is 4.79 Å². The Morgan fingerprint density at radius 1 is 1.08 bits per heavy atom. The van der Waals surface area contributed by atoms with Crippen molar-refractivity contribution >= 4 is 11.6 Å². The van der Waals surface area contributed by atoms with Crippen LogP contribution in [-0.4, -0.2) is 61.0 Å². The van der Waals surface area contributed by atoms with E-state index >= 15 is 0 Å². The van der Waals surface area contributed by atoms with E-state index in [2.05, 4.69) is 55.0 Å². The maximum atomic E-state index is 13.1. The van der Waals surface area contributed by atoms with Crippen LogP contribution < -0.4 is 4.90 Å². The number of hydrogen-bond donors (Lipinski definition) is 0. The Balaban J connectivity index is 1.76. The minimum absolute atomic E-state index is 0.00252. The van der Waals surface area contributed by atoms with Gasteiger partial charge < -0.3 is 14.7 Å². The molecule has 0 N–H and O–H groups in total. The highest BCUT2D eigenvalue weighted by Crippen LogP contribution is 2.52. The second kappa shape index (κ2) is 5.48. The lowest BCUT2D eigenvalue weighted by atomic mass is 9.73. The topological polar surface area (TPSA) is 26.8 Å². The van der Waals surface area contributed by atoms with Gasteiger partial charge in [-0.15, -0.1) is 0 Å². The Hall–Kier alpha value is -1.55. The van der Waals surface area contributed by atoms with E-state index in [4.69, 9.17) is 0 Å². The number of benzene rings is 1. The number of anilines is 1. The van der Waals surface area contributed by atoms with Crippen LogP contribution in [-0.2, 0) is 4.79 Å². The quantitative estimate of drug-likeness (QED) is 0.792. The number of hydrogen-bond acceptors (Lipinski definition) is 3. The van der Waals surface area contributed by atoms with Crippen molar-refractivity contribution in [1.29, 1.82) is 0 Å². The molecule has 1 aromatic rings. The van der Waals surface area contributed by atoms with Gasteiger partial charge in [-0.1, -0.05) is 17.7 Å². The van der Waals surface area contributed by atoms with Gasteiger partial charge in [0.25, 0.3) is 0 Å². The fourth-order valence-electron chi connectivity index (χ4n) is 5.29. The van der Waals surface area contributed by atoms with Crippen molar-refractivity contribution in [1.82, 2.24) is 9.80 Å². The molecule has 3 fully saturated rings. The van der Waals surface area contributed by atoms with Crippen LogP contribution in [0.15, 0.2) is 24.3 Å². The molecule has 4 nitrogen and oxygen atoms in total. The van der Waals surface area contributed by atoms with Crippen LogP contribution >= 0.6 is 0 Å². The third-order valence-corrected chi connectivity index (χ3v) is 6.98. The number of carbonyl (C=O) groups excluding carboxylic acids is 1. The molecule has 3 unspecified atom stereocenters. The molecule has 0 radical (unpaired) electrons. The lowest BCUT2D eigenvalue weighted by molar-refractivity contribution is -0.132. The minimum atomic E-state index is 0.00252. The smallest absolute Gasteiger partial charge is 0.228 e. The second-order valence-electron chi connectivity index (χ2n) is 8.18. The molecule has 130 valence electrons. The summed E-state index contributed by atoms with van der Waals surface area (Å²) in [5.74, 6) is 0.978. The Bertz CT molecular complexity index is 633. The van der Waals surface area contributed by atoms with E-state index in [1.807, 2.05) is 11.9 Å². The fourth-order valence-corrected chi connectivity index (χ4v) is 5.29. The average Bonchev–Trinajstić information content (AvgIpc) is 3.01. The first-order valence-corrected chi connectivity index (χ1v) is 9.23. The van der Waals surface area contributed by atoms with Crippen molar-refractivity contribution in [2.24, 2.45) is 11.8 Å². The van der Waals surface area contributed by atoms with Crippen LogP contribution in [0.3, 0.4) is 0 Å². The van der Waals surface area contributed by atoms with Crippen LogP contribution in [0.1, 0.15) is 25.3 Å². The molecule has 3 saturated heterocycles. The Labute approximate surface area is 145 Å². The molecule has 4 rings (SSSR count). The first-order chi connectivity index (χ1) is 11.4. The molecule has 3 aliphatic rings. The summed E-state index contributed by atoms with van der Waals surface area (Å²) in [4.78, 5) is 20.1. The molecule has 1 spiro atoms. The average molecular weight is 327 g/mol. The van der Waals surface area contributed by atoms with Crippen molar-refractivity contribution in [2.45, 2.75) is 38.3 Å². The van der Waals surface area contributed by atoms with E-state index < -0.39 is 0 Å². The van der Waals surface area contributed by atoms with E-state index in [1.54, 1.807) is 0 Å². The van der Waals surface area contributed by atoms with Gasteiger partial charge in [0.1, 0.15) is 0 Å². The molecule has 3 aliphatic heterocycles. The summed E-state index contributed by atoms with van der Waals surface area (Å²) < 4.78 is 0. The number of likely N-dealkylation sites (tertiary alicyclic amines) is 2. The number of amides is 1. The normalized spacial score (nSPS) is 32.7. The predicted molar refractivity (Wildman–Crippen MR) is 97.2 cm³/mol. The zero-order valence-corrected chi connectivity index (χ0v) is 15.3. The molecule has 3 atom stereocenters. The highest BCUT2D eigenvalue weighted by molar-refractivity contribution is 5.85. The zero-order chi connectivity index (χ0) is 17.1. The van der Waals surface area contributed by atoms with Gasteiger partial charge in [-0.05, 0) is 45.9 Å². The lowest BCUT2D eigenvalue weighted by Crippen LogP contribution is -2.57. The van der Waals surface area contributed by atoms with Crippen molar-refractivity contribution in [2.75, 3.05) is 38.6 Å². The summed E-state index contributed by atoms with van der Waals surface area (Å²) in [6.45, 7) is 7.53. The summed E-state index contributed by atoms with van der Waals surface area (Å²) in [5.41, 5.74) is 2.59. The monoisotopic (exact) mass is 327 g/mol. The zero-order valence-electron chi connectivity index (χ0n) is 15.3. The summed E-state index contributed by atoms with van der Waals surface area (Å²) in [5, 5.41) is 0. The SMILES string of the molecule is Cc1ccc(N2CC3C(C)N(C)C(=O)C3C23CCN(C)CC3)cc1. The van der Waals surface area contributed by atoms with Crippen LogP contribution in [0, 0.1) is 18.8 Å². The standard InChI is InChI=1S/C20H29N3O/c1-14-5-7-16(8-6-14)23-13-17-15(2)22(4)19(24)18(17)20(23)9-11-21(3)12-10-20/h5-8,15,17-18H,9-13H2,1-4H3. The third-order valence-electron chi connectivity index (χ3n) is 6.98. The van der Waals surface area contributed by atoms with Crippen molar-refractivity contribution in [3.63, 3.8) is 0 Å². The van der Waals surface area contributed by atoms with Crippen LogP contribution in [0.2, 0.25) is 0 Å². The molecule has 24 heavy (non-hydrogen) atoms. The molecule has 0 aliphatic carbocycles. The number of aryl methyl sites for hydroxylation is 1. The maximum Gasteiger partial charge on any atom is 0.228 e. The minimum Gasteiger partial charge on any atom is -0.365 e. The van der Waals surface area contributed by atoms with E-state index in [0.717, 1.165) is 32.5 Å². The molecule has 3 heterocycles. The van der Waals surface area contributed by atoms with Gasteiger partial charge in [0, 0.05) is 44.3 Å². The second-order valence-corrected chi connectivity index (χ2v) is 8.18. The van der Waals surface area contributed by atoms with Gasteiger partial charge in [0.15, 0.2) is 0 Å². The number of fused-ring (bicyclic) bond motifs is 2. The van der Waals surface area contributed by atoms with Crippen LogP contribution in [0.25, 0.3) is 0 Å². The van der Waals surface area contributed by atoms with Crippen molar-refractivity contribution in [3.05, 3.63) is 29.8 Å². The van der Waals surface area contributed by atoms with Gasteiger partial charge in [0.2, 0.25) is 5.91 Å². The molecule has 0 aromatic heterocycles. The summed E-state index contributed by atoms with van der Waals surface area (Å²) in [6, 6.07) is 9.23. The Morgan fingerprint density at radius 3 is 2.33 bits per heavy atom. The summed E-state index contributed by atoms with van der Waals surface area (Å²) >= 11 is 0. The molecule has 0 saturated carbocycles. The first kappa shape index (κ1) is 15.9. The van der Waals surface area contributed by atoms with Gasteiger partial charge in [-0.25, -0.2) is 0 Å². The highest BCUT2D eigenvalue weighted by Gasteiger charge is 2.62. The number of nitrogens with zero attached hydrogens (tertiary/aromatic N) is 3. The summed E-state index contributed by atoms with van der Waals surface area (Å²) in [6.07, 6.45) is 2.18. The van der Waals surface area contributed by atoms with E-state index in [9.17, 15) is 4.79 Å².